The van der Waals surface area contributed by atoms with Crippen LogP contribution < -0.4 is 0 Å². The third-order valence-electron chi connectivity index (χ3n) is 10.4. The minimum atomic E-state index is -0.643. The van der Waals surface area contributed by atoms with E-state index in [1.807, 2.05) is 12.3 Å². The van der Waals surface area contributed by atoms with E-state index in [4.69, 9.17) is 4.42 Å². The van der Waals surface area contributed by atoms with E-state index in [0.29, 0.717) is 36.5 Å². The van der Waals surface area contributed by atoms with E-state index in [1.165, 1.54) is 31.3 Å². The molecule has 0 amide bonds. The van der Waals surface area contributed by atoms with Gasteiger partial charge in [0.15, 0.2) is 0 Å². The predicted octanol–water partition coefficient (Wildman–Crippen LogP) is 6.35. The lowest BCUT2D eigenvalue weighted by molar-refractivity contribution is 0.0862. The van der Waals surface area contributed by atoms with Crippen LogP contribution in [0.3, 0.4) is 0 Å². The van der Waals surface area contributed by atoms with Crippen molar-refractivity contribution in [2.45, 2.75) is 115 Å². The molecule has 0 saturated heterocycles. The molecule has 5 rings (SSSR count). The topological polar surface area (TPSA) is 86.7 Å². The van der Waals surface area contributed by atoms with Gasteiger partial charge >= 0.3 is 0 Å². The van der Waals surface area contributed by atoms with Gasteiger partial charge in [-0.1, -0.05) is 57.2 Å². The van der Waals surface area contributed by atoms with Crippen LogP contribution >= 0.6 is 0 Å². The monoisotopic (exact) mass is 521 g/mol. The Morgan fingerprint density at radius 3 is 2.71 bits per heavy atom. The number of hydrogen-bond donors (Lipinski definition) is 3. The molecule has 0 bridgehead atoms. The molecule has 1 heterocycles. The number of nitrogens with zero attached hydrogens (tertiary/aromatic N) is 1. The minimum absolute atomic E-state index is 0.245. The van der Waals surface area contributed by atoms with Gasteiger partial charge in [0, 0.05) is 12.8 Å². The molecule has 7 atom stereocenters. The van der Waals surface area contributed by atoms with Crippen LogP contribution in [-0.2, 0) is 11.8 Å². The summed E-state index contributed by atoms with van der Waals surface area (Å²) >= 11 is 0. The fourth-order valence-electron chi connectivity index (χ4n) is 7.88. The molecule has 0 unspecified atom stereocenters. The summed E-state index contributed by atoms with van der Waals surface area (Å²) in [6.45, 7) is 11.0. The van der Waals surface area contributed by atoms with Crippen molar-refractivity contribution in [3.05, 3.63) is 65.5 Å². The number of aromatic nitrogens is 1. The van der Waals surface area contributed by atoms with Gasteiger partial charge in [0.25, 0.3) is 0 Å². The summed E-state index contributed by atoms with van der Waals surface area (Å²) in [5, 5.41) is 31.5. The van der Waals surface area contributed by atoms with Gasteiger partial charge in [0.2, 0.25) is 5.89 Å². The van der Waals surface area contributed by atoms with Crippen molar-refractivity contribution in [1.82, 2.24) is 4.98 Å². The van der Waals surface area contributed by atoms with Crippen molar-refractivity contribution in [3.8, 4) is 0 Å². The predicted molar refractivity (Wildman–Crippen MR) is 150 cm³/mol. The summed E-state index contributed by atoms with van der Waals surface area (Å²) in [6, 6.07) is 0. The highest BCUT2D eigenvalue weighted by Crippen LogP contribution is 2.60. The summed E-state index contributed by atoms with van der Waals surface area (Å²) < 4.78 is 6.01. The molecule has 4 saturated carbocycles. The molecular weight excluding hydrogens is 474 g/mol. The molecule has 0 aliphatic heterocycles. The Kier molecular flexibility index (Phi) is 7.92. The smallest absolute Gasteiger partial charge is 0.203 e. The van der Waals surface area contributed by atoms with Crippen LogP contribution in [0.5, 0.6) is 0 Å². The van der Waals surface area contributed by atoms with Crippen LogP contribution in [0.25, 0.3) is 0 Å². The Morgan fingerprint density at radius 2 is 1.97 bits per heavy atom. The summed E-state index contributed by atoms with van der Waals surface area (Å²) in [6.07, 6.45) is 19.5. The number of fused-ring (bicyclic) bond motifs is 1. The zero-order valence-corrected chi connectivity index (χ0v) is 23.5. The number of rotatable bonds is 8. The molecule has 1 aromatic heterocycles. The SMILES string of the molecule is C=C1C(=CC=C2CCC[C@]3(C)[C@@H]([C@H](C)C=C[C@H](O)C4(c5ncc(CCC)o5)CC4)CC[C@@H]23)C[C@@H](O)C[C@@H]1O. The fourth-order valence-corrected chi connectivity index (χ4v) is 7.88. The molecule has 0 aromatic carbocycles. The van der Waals surface area contributed by atoms with Crippen molar-refractivity contribution in [2.75, 3.05) is 0 Å². The third kappa shape index (κ3) is 5.14. The maximum absolute atomic E-state index is 11.2. The number of aliphatic hydroxyl groups is 3. The van der Waals surface area contributed by atoms with Gasteiger partial charge in [0.05, 0.1) is 29.9 Å². The molecule has 208 valence electrons. The van der Waals surface area contributed by atoms with E-state index in [1.54, 1.807) is 0 Å². The molecule has 1 aromatic rings. The number of aryl methyl sites for hydroxylation is 1. The first kappa shape index (κ1) is 27.6. The van der Waals surface area contributed by atoms with Gasteiger partial charge in [-0.3, -0.25) is 0 Å². The summed E-state index contributed by atoms with van der Waals surface area (Å²) in [5.41, 5.74) is 3.15. The van der Waals surface area contributed by atoms with Crippen molar-refractivity contribution < 1.29 is 19.7 Å². The lowest BCUT2D eigenvalue weighted by atomic mass is 9.61. The average Bonchev–Trinajstić information content (AvgIpc) is 3.42. The van der Waals surface area contributed by atoms with Gasteiger partial charge in [-0.2, -0.15) is 0 Å². The summed E-state index contributed by atoms with van der Waals surface area (Å²) in [7, 11) is 0. The first-order chi connectivity index (χ1) is 18.2. The average molecular weight is 522 g/mol. The Hall–Kier alpha value is -1.95. The zero-order valence-electron chi connectivity index (χ0n) is 23.5. The van der Waals surface area contributed by atoms with E-state index in [2.05, 4.69) is 50.6 Å². The second kappa shape index (κ2) is 10.9. The van der Waals surface area contributed by atoms with Crippen LogP contribution in [0.4, 0.5) is 0 Å². The molecule has 5 nitrogen and oxygen atoms in total. The molecular formula is C33H47NO4. The third-order valence-corrected chi connectivity index (χ3v) is 10.4. The molecule has 4 aliphatic rings. The normalized spacial score (nSPS) is 36.6. The standard InChI is InChI=1S/C33H47NO4/c1-5-7-26-20-34-31(38-26)33(16-17-33)30(37)14-9-21(2)27-12-13-28-23(8-6-15-32(27,28)4)10-11-24-18-25(35)19-29(36)22(24)3/h9-11,14,20-21,25,27-30,35-37H,3,5-8,12-13,15-19H2,1-2,4H3/t21-,25-,27-,28+,29+,30+,32-/m1/s1. The highest BCUT2D eigenvalue weighted by molar-refractivity contribution is 5.38. The van der Waals surface area contributed by atoms with Crippen molar-refractivity contribution in [2.24, 2.45) is 23.2 Å². The summed E-state index contributed by atoms with van der Waals surface area (Å²) in [5.74, 6) is 3.14. The van der Waals surface area contributed by atoms with Crippen LogP contribution in [0.1, 0.15) is 96.6 Å². The van der Waals surface area contributed by atoms with Crippen LogP contribution in [0.15, 0.2) is 58.2 Å². The second-order valence-electron chi connectivity index (χ2n) is 12.9. The number of oxazole rings is 1. The van der Waals surface area contributed by atoms with Crippen LogP contribution in [0, 0.1) is 23.2 Å². The van der Waals surface area contributed by atoms with Crippen molar-refractivity contribution >= 4 is 0 Å². The lowest BCUT2D eigenvalue weighted by Crippen LogP contribution is -2.35. The zero-order chi connectivity index (χ0) is 27.1. The number of hydrogen-bond acceptors (Lipinski definition) is 5. The highest BCUT2D eigenvalue weighted by Gasteiger charge is 2.54. The Labute approximate surface area is 228 Å². The van der Waals surface area contributed by atoms with E-state index in [0.717, 1.165) is 49.0 Å². The van der Waals surface area contributed by atoms with Gasteiger partial charge in [-0.05, 0) is 92.1 Å². The van der Waals surface area contributed by atoms with Crippen LogP contribution in [0.2, 0.25) is 0 Å². The molecule has 4 fully saturated rings. The van der Waals surface area contributed by atoms with E-state index in [-0.39, 0.29) is 10.8 Å². The summed E-state index contributed by atoms with van der Waals surface area (Å²) in [4.78, 5) is 4.53. The van der Waals surface area contributed by atoms with E-state index >= 15 is 0 Å². The molecule has 4 aliphatic carbocycles. The molecule has 3 N–H and O–H groups in total. The van der Waals surface area contributed by atoms with E-state index < -0.39 is 18.3 Å². The van der Waals surface area contributed by atoms with Gasteiger partial charge < -0.3 is 19.7 Å². The Balaban J connectivity index is 1.27. The van der Waals surface area contributed by atoms with Crippen LogP contribution in [-0.4, -0.2) is 38.6 Å². The minimum Gasteiger partial charge on any atom is -0.445 e. The number of allylic oxidation sites excluding steroid dienone is 4. The Morgan fingerprint density at radius 1 is 1.18 bits per heavy atom. The largest absolute Gasteiger partial charge is 0.445 e. The molecule has 0 radical (unpaired) electrons. The highest BCUT2D eigenvalue weighted by atomic mass is 16.4. The first-order valence-electron chi connectivity index (χ1n) is 14.9. The quantitative estimate of drug-likeness (QED) is 0.347. The lowest BCUT2D eigenvalue weighted by Gasteiger charge is -2.44. The van der Waals surface area contributed by atoms with E-state index in [9.17, 15) is 15.3 Å². The van der Waals surface area contributed by atoms with Crippen molar-refractivity contribution in [1.29, 1.82) is 0 Å². The van der Waals surface area contributed by atoms with Gasteiger partial charge in [-0.25, -0.2) is 4.98 Å². The fraction of sp³-hybridized carbons (Fsp3) is 0.667. The maximum atomic E-state index is 11.2. The molecule has 5 heteroatoms. The number of aliphatic hydroxyl groups excluding tert-OH is 3. The van der Waals surface area contributed by atoms with Crippen molar-refractivity contribution in [3.63, 3.8) is 0 Å². The van der Waals surface area contributed by atoms with Gasteiger partial charge in [-0.15, -0.1) is 0 Å². The molecule has 0 spiro atoms. The first-order valence-corrected chi connectivity index (χ1v) is 14.9. The van der Waals surface area contributed by atoms with Gasteiger partial charge in [0.1, 0.15) is 5.76 Å². The second-order valence-corrected chi connectivity index (χ2v) is 12.9. The Bertz CT molecular complexity index is 1110. The molecule has 38 heavy (non-hydrogen) atoms. The maximum Gasteiger partial charge on any atom is 0.203 e.